The number of hydrogen-bond donors (Lipinski definition) is 1. The van der Waals surface area contributed by atoms with Crippen LogP contribution in [0.15, 0.2) is 16.8 Å². The first-order chi connectivity index (χ1) is 9.00. The van der Waals surface area contributed by atoms with E-state index in [1.54, 1.807) is 11.3 Å². The molecule has 0 aliphatic carbocycles. The molecule has 2 heterocycles. The summed E-state index contributed by atoms with van der Waals surface area (Å²) in [7, 11) is 0. The molecular formula is C16H28N2S. The van der Waals surface area contributed by atoms with Crippen LogP contribution in [0.25, 0.3) is 0 Å². The first-order valence-electron chi connectivity index (χ1n) is 7.52. The first-order valence-corrected chi connectivity index (χ1v) is 8.46. The van der Waals surface area contributed by atoms with Crippen LogP contribution in [-0.2, 0) is 0 Å². The predicted molar refractivity (Wildman–Crippen MR) is 84.7 cm³/mol. The number of nitrogens with one attached hydrogen (secondary N) is 1. The van der Waals surface area contributed by atoms with Crippen molar-refractivity contribution in [1.82, 2.24) is 10.2 Å². The lowest BCUT2D eigenvalue weighted by molar-refractivity contribution is 0.0514. The molecule has 1 aliphatic rings. The third-order valence-electron chi connectivity index (χ3n) is 4.52. The fraction of sp³-hybridized carbons (Fsp3) is 0.750. The van der Waals surface area contributed by atoms with Gasteiger partial charge in [-0.25, -0.2) is 0 Å². The van der Waals surface area contributed by atoms with Gasteiger partial charge in [0.15, 0.2) is 0 Å². The summed E-state index contributed by atoms with van der Waals surface area (Å²) in [6, 6.07) is 4.07. The standard InChI is InChI=1S/C16H28N2S/c1-11(2)15-9-18(16(8-17-15)12(3)4)13(5)14-6-7-19-10-14/h6-7,10-13,15-17H,8-9H2,1-5H3. The average molecular weight is 280 g/mol. The third-order valence-corrected chi connectivity index (χ3v) is 5.22. The Morgan fingerprint density at radius 1 is 1.21 bits per heavy atom. The highest BCUT2D eigenvalue weighted by Gasteiger charge is 2.34. The highest BCUT2D eigenvalue weighted by molar-refractivity contribution is 7.07. The highest BCUT2D eigenvalue weighted by Crippen LogP contribution is 2.29. The van der Waals surface area contributed by atoms with Crippen LogP contribution in [0, 0.1) is 11.8 Å². The molecule has 108 valence electrons. The van der Waals surface area contributed by atoms with E-state index in [1.165, 1.54) is 5.56 Å². The minimum atomic E-state index is 0.530. The van der Waals surface area contributed by atoms with Crippen LogP contribution in [0.3, 0.4) is 0 Å². The molecule has 0 radical (unpaired) electrons. The van der Waals surface area contributed by atoms with Crippen molar-refractivity contribution >= 4 is 11.3 Å². The van der Waals surface area contributed by atoms with Crippen LogP contribution in [0.5, 0.6) is 0 Å². The molecule has 19 heavy (non-hydrogen) atoms. The summed E-state index contributed by atoms with van der Waals surface area (Å²) in [5.41, 5.74) is 1.47. The summed E-state index contributed by atoms with van der Waals surface area (Å²) in [4.78, 5) is 2.72. The van der Waals surface area contributed by atoms with Gasteiger partial charge in [-0.3, -0.25) is 4.90 Å². The molecule has 3 heteroatoms. The van der Waals surface area contributed by atoms with Gasteiger partial charge in [0.25, 0.3) is 0 Å². The van der Waals surface area contributed by atoms with Gasteiger partial charge in [-0.15, -0.1) is 0 Å². The van der Waals surface area contributed by atoms with Crippen LogP contribution in [0.1, 0.15) is 46.2 Å². The number of hydrogen-bond acceptors (Lipinski definition) is 3. The van der Waals surface area contributed by atoms with E-state index in [9.17, 15) is 0 Å². The molecule has 1 saturated heterocycles. The van der Waals surface area contributed by atoms with Crippen LogP contribution in [-0.4, -0.2) is 30.1 Å². The zero-order valence-corrected chi connectivity index (χ0v) is 13.7. The Bertz CT molecular complexity index is 372. The highest BCUT2D eigenvalue weighted by atomic mass is 32.1. The maximum absolute atomic E-state index is 3.74. The number of thiophene rings is 1. The van der Waals surface area contributed by atoms with Crippen molar-refractivity contribution in [1.29, 1.82) is 0 Å². The second-order valence-corrected chi connectivity index (χ2v) is 7.28. The van der Waals surface area contributed by atoms with E-state index >= 15 is 0 Å². The molecule has 0 bridgehead atoms. The molecule has 2 nitrogen and oxygen atoms in total. The molecular weight excluding hydrogens is 252 g/mol. The maximum atomic E-state index is 3.74. The number of nitrogens with zero attached hydrogens (tertiary/aromatic N) is 1. The van der Waals surface area contributed by atoms with E-state index in [1.807, 2.05) is 0 Å². The summed E-state index contributed by atoms with van der Waals surface area (Å²) >= 11 is 1.81. The minimum absolute atomic E-state index is 0.530. The molecule has 0 aromatic carbocycles. The smallest absolute Gasteiger partial charge is 0.0332 e. The molecule has 0 spiro atoms. The lowest BCUT2D eigenvalue weighted by atomic mass is 9.92. The molecule has 1 aromatic heterocycles. The summed E-state index contributed by atoms with van der Waals surface area (Å²) < 4.78 is 0. The van der Waals surface area contributed by atoms with Crippen molar-refractivity contribution < 1.29 is 0 Å². The topological polar surface area (TPSA) is 15.3 Å². The predicted octanol–water partition coefficient (Wildman–Crippen LogP) is 3.76. The minimum Gasteiger partial charge on any atom is -0.311 e. The zero-order valence-electron chi connectivity index (χ0n) is 12.9. The van der Waals surface area contributed by atoms with Gasteiger partial charge in [0, 0.05) is 31.2 Å². The Balaban J connectivity index is 2.15. The van der Waals surface area contributed by atoms with Crippen molar-refractivity contribution in [2.24, 2.45) is 11.8 Å². The Hall–Kier alpha value is -0.380. The van der Waals surface area contributed by atoms with Crippen LogP contribution >= 0.6 is 11.3 Å². The van der Waals surface area contributed by atoms with Gasteiger partial charge in [-0.1, -0.05) is 27.7 Å². The third kappa shape index (κ3) is 3.39. The van der Waals surface area contributed by atoms with Crippen molar-refractivity contribution in [2.45, 2.75) is 52.7 Å². The Kier molecular flexibility index (Phi) is 5.04. The quantitative estimate of drug-likeness (QED) is 0.903. The van der Waals surface area contributed by atoms with Crippen molar-refractivity contribution in [3.05, 3.63) is 22.4 Å². The van der Waals surface area contributed by atoms with E-state index in [2.05, 4.69) is 61.7 Å². The SMILES string of the molecule is CC(C)C1CN(C(C)c2ccsc2)C(C(C)C)CN1. The van der Waals surface area contributed by atoms with Crippen LogP contribution in [0.2, 0.25) is 0 Å². The maximum Gasteiger partial charge on any atom is 0.0332 e. The fourth-order valence-electron chi connectivity index (χ4n) is 3.03. The Morgan fingerprint density at radius 2 is 1.95 bits per heavy atom. The van der Waals surface area contributed by atoms with Crippen LogP contribution < -0.4 is 5.32 Å². The Labute approximate surface area is 122 Å². The molecule has 3 unspecified atom stereocenters. The lowest BCUT2D eigenvalue weighted by Gasteiger charge is -2.46. The molecule has 2 rings (SSSR count). The second kappa shape index (κ2) is 6.38. The molecule has 0 saturated carbocycles. The van der Waals surface area contributed by atoms with Crippen molar-refractivity contribution in [3.63, 3.8) is 0 Å². The summed E-state index contributed by atoms with van der Waals surface area (Å²) in [5, 5.41) is 8.23. The van der Waals surface area contributed by atoms with Crippen LogP contribution in [0.4, 0.5) is 0 Å². The van der Waals surface area contributed by atoms with Gasteiger partial charge in [0.05, 0.1) is 0 Å². The molecule has 1 fully saturated rings. The fourth-order valence-corrected chi connectivity index (χ4v) is 3.78. The summed E-state index contributed by atoms with van der Waals surface area (Å²) in [6.45, 7) is 14.0. The van der Waals surface area contributed by atoms with E-state index in [-0.39, 0.29) is 0 Å². The van der Waals surface area contributed by atoms with E-state index in [4.69, 9.17) is 0 Å². The lowest BCUT2D eigenvalue weighted by Crippen LogP contribution is -2.60. The average Bonchev–Trinajstić information content (AvgIpc) is 2.90. The van der Waals surface area contributed by atoms with Gasteiger partial charge in [0.2, 0.25) is 0 Å². The molecule has 1 aromatic rings. The summed E-state index contributed by atoms with van der Waals surface area (Å²) in [6.07, 6.45) is 0. The Morgan fingerprint density at radius 3 is 2.47 bits per heavy atom. The van der Waals surface area contributed by atoms with Gasteiger partial charge in [-0.05, 0) is 41.1 Å². The second-order valence-electron chi connectivity index (χ2n) is 6.50. The van der Waals surface area contributed by atoms with Gasteiger partial charge in [0.1, 0.15) is 0 Å². The first kappa shape index (κ1) is 15.0. The number of piperazine rings is 1. The molecule has 3 atom stereocenters. The molecule has 1 aliphatic heterocycles. The van der Waals surface area contributed by atoms with Crippen molar-refractivity contribution in [2.75, 3.05) is 13.1 Å². The van der Waals surface area contributed by atoms with E-state index in [0.717, 1.165) is 13.1 Å². The van der Waals surface area contributed by atoms with E-state index < -0.39 is 0 Å². The van der Waals surface area contributed by atoms with Gasteiger partial charge in [-0.2, -0.15) is 11.3 Å². The monoisotopic (exact) mass is 280 g/mol. The summed E-state index contributed by atoms with van der Waals surface area (Å²) in [5.74, 6) is 1.40. The largest absolute Gasteiger partial charge is 0.311 e. The normalized spacial score (nSPS) is 27.1. The van der Waals surface area contributed by atoms with Gasteiger partial charge >= 0.3 is 0 Å². The molecule has 1 N–H and O–H groups in total. The number of rotatable bonds is 4. The van der Waals surface area contributed by atoms with E-state index in [0.29, 0.717) is 30.0 Å². The van der Waals surface area contributed by atoms with Gasteiger partial charge < -0.3 is 5.32 Å². The molecule has 0 amide bonds. The zero-order chi connectivity index (χ0) is 14.0. The van der Waals surface area contributed by atoms with Crippen molar-refractivity contribution in [3.8, 4) is 0 Å².